The molecule has 0 amide bonds. The van der Waals surface area contributed by atoms with E-state index in [2.05, 4.69) is 4.74 Å². The molecule has 0 bridgehead atoms. The van der Waals surface area contributed by atoms with Gasteiger partial charge in [0.2, 0.25) is 0 Å². The molecule has 0 aromatic heterocycles. The average Bonchev–Trinajstić information content (AvgIpc) is 2.59. The van der Waals surface area contributed by atoms with E-state index in [0.29, 0.717) is 19.3 Å². The number of ether oxygens (including phenoxy) is 1. The predicted octanol–water partition coefficient (Wildman–Crippen LogP) is 1.11. The summed E-state index contributed by atoms with van der Waals surface area (Å²) in [6.07, 6.45) is -4.88. The zero-order chi connectivity index (χ0) is 12.3. The molecule has 1 rings (SSSR count). The van der Waals surface area contributed by atoms with E-state index in [0.717, 1.165) is 0 Å². The van der Waals surface area contributed by atoms with Crippen molar-refractivity contribution in [3.05, 3.63) is 0 Å². The molecule has 4 nitrogen and oxygen atoms in total. The largest absolute Gasteiger partial charge is 0.490 e. The van der Waals surface area contributed by atoms with E-state index in [-0.39, 0.29) is 6.04 Å². The van der Waals surface area contributed by atoms with Crippen LogP contribution in [0.25, 0.3) is 0 Å². The van der Waals surface area contributed by atoms with Gasteiger partial charge in [-0.15, -0.1) is 0 Å². The molecule has 0 radical (unpaired) electrons. The number of hydrogen-bond acceptors (Lipinski definition) is 4. The lowest BCUT2D eigenvalue weighted by molar-refractivity contribution is -0.204. The molecule has 0 heterocycles. The van der Waals surface area contributed by atoms with Crippen molar-refractivity contribution in [3.63, 3.8) is 0 Å². The first-order chi connectivity index (χ1) is 7.34. The molecule has 1 fully saturated rings. The van der Waals surface area contributed by atoms with Gasteiger partial charge in [0.25, 0.3) is 0 Å². The summed E-state index contributed by atoms with van der Waals surface area (Å²) in [6, 6.07) is 1.44. The molecule has 90 valence electrons. The first-order valence-electron chi connectivity index (χ1n) is 4.77. The summed E-state index contributed by atoms with van der Waals surface area (Å²) >= 11 is 0. The zero-order valence-corrected chi connectivity index (χ0v) is 8.33. The number of rotatable bonds is 2. The predicted molar refractivity (Wildman–Crippen MR) is 46.9 cm³/mol. The van der Waals surface area contributed by atoms with Crippen LogP contribution in [0.3, 0.4) is 0 Å². The quantitative estimate of drug-likeness (QED) is 0.728. The van der Waals surface area contributed by atoms with Crippen molar-refractivity contribution >= 4 is 5.97 Å². The third-order valence-corrected chi connectivity index (χ3v) is 2.53. The van der Waals surface area contributed by atoms with Gasteiger partial charge in [0.15, 0.2) is 6.10 Å². The Bertz CT molecular complexity index is 311. The summed E-state index contributed by atoms with van der Waals surface area (Å²) in [5.41, 5.74) is 5.56. The minimum Gasteiger partial charge on any atom is -0.440 e. The van der Waals surface area contributed by atoms with Crippen molar-refractivity contribution in [1.29, 1.82) is 5.26 Å². The fourth-order valence-corrected chi connectivity index (χ4v) is 1.74. The number of esters is 1. The van der Waals surface area contributed by atoms with Gasteiger partial charge in [-0.05, 0) is 19.3 Å². The molecule has 1 aliphatic carbocycles. The normalized spacial score (nSPS) is 27.2. The maximum absolute atomic E-state index is 11.9. The van der Waals surface area contributed by atoms with Gasteiger partial charge >= 0.3 is 12.1 Å². The molecule has 0 aliphatic heterocycles. The lowest BCUT2D eigenvalue weighted by Crippen LogP contribution is -2.33. The Hall–Kier alpha value is -1.29. The molecule has 0 aromatic carbocycles. The molecule has 3 atom stereocenters. The SMILES string of the molecule is N#CC(OC(=O)C(F)(F)F)C1CCC(N)C1. The minimum absolute atomic E-state index is 0.134. The minimum atomic E-state index is -5.06. The molecule has 2 N–H and O–H groups in total. The van der Waals surface area contributed by atoms with E-state index >= 15 is 0 Å². The lowest BCUT2D eigenvalue weighted by Gasteiger charge is -2.17. The second kappa shape index (κ2) is 4.70. The second-order valence-corrected chi connectivity index (χ2v) is 3.79. The summed E-state index contributed by atoms with van der Waals surface area (Å²) in [7, 11) is 0. The Kier molecular flexibility index (Phi) is 3.75. The van der Waals surface area contributed by atoms with Gasteiger partial charge in [-0.3, -0.25) is 0 Å². The van der Waals surface area contributed by atoms with E-state index in [1.165, 1.54) is 0 Å². The van der Waals surface area contributed by atoms with Crippen LogP contribution in [0.1, 0.15) is 19.3 Å². The van der Waals surface area contributed by atoms with Crippen molar-refractivity contribution in [2.75, 3.05) is 0 Å². The Balaban J connectivity index is 2.57. The number of nitrogens with zero attached hydrogens (tertiary/aromatic N) is 1. The maximum Gasteiger partial charge on any atom is 0.490 e. The summed E-state index contributed by atoms with van der Waals surface area (Å²) in [5, 5.41) is 8.65. The van der Waals surface area contributed by atoms with Gasteiger partial charge in [-0.2, -0.15) is 18.4 Å². The molecule has 0 aromatic rings. The van der Waals surface area contributed by atoms with Crippen LogP contribution in [0.15, 0.2) is 0 Å². The molecular weight excluding hydrogens is 225 g/mol. The Morgan fingerprint density at radius 1 is 1.50 bits per heavy atom. The van der Waals surface area contributed by atoms with Gasteiger partial charge < -0.3 is 10.5 Å². The highest BCUT2D eigenvalue weighted by molar-refractivity contribution is 5.76. The Morgan fingerprint density at radius 3 is 2.50 bits per heavy atom. The third-order valence-electron chi connectivity index (χ3n) is 2.53. The number of halogens is 3. The molecule has 1 aliphatic rings. The Labute approximate surface area is 90.2 Å². The summed E-state index contributed by atoms with van der Waals surface area (Å²) in [6.45, 7) is 0. The van der Waals surface area contributed by atoms with Gasteiger partial charge in [0.1, 0.15) is 6.07 Å². The maximum atomic E-state index is 11.9. The number of alkyl halides is 3. The van der Waals surface area contributed by atoms with Crippen LogP contribution in [-0.4, -0.2) is 24.3 Å². The molecule has 3 unspecified atom stereocenters. The monoisotopic (exact) mass is 236 g/mol. The van der Waals surface area contributed by atoms with Gasteiger partial charge in [-0.25, -0.2) is 4.79 Å². The lowest BCUT2D eigenvalue weighted by atomic mass is 10.0. The van der Waals surface area contributed by atoms with Crippen LogP contribution in [0.2, 0.25) is 0 Å². The Morgan fingerprint density at radius 2 is 2.12 bits per heavy atom. The number of carbonyl (C=O) groups excluding carboxylic acids is 1. The van der Waals surface area contributed by atoms with Crippen molar-refractivity contribution in [1.82, 2.24) is 0 Å². The van der Waals surface area contributed by atoms with Crippen molar-refractivity contribution in [2.45, 2.75) is 37.6 Å². The van der Waals surface area contributed by atoms with Crippen LogP contribution >= 0.6 is 0 Å². The van der Waals surface area contributed by atoms with Crippen LogP contribution in [0.4, 0.5) is 13.2 Å². The fourth-order valence-electron chi connectivity index (χ4n) is 1.74. The van der Waals surface area contributed by atoms with E-state index in [1.807, 2.05) is 0 Å². The highest BCUT2D eigenvalue weighted by Gasteiger charge is 2.44. The van der Waals surface area contributed by atoms with Crippen molar-refractivity contribution < 1.29 is 22.7 Å². The van der Waals surface area contributed by atoms with Crippen LogP contribution in [0, 0.1) is 17.2 Å². The smallest absolute Gasteiger partial charge is 0.440 e. The highest BCUT2D eigenvalue weighted by Crippen LogP contribution is 2.29. The van der Waals surface area contributed by atoms with Gasteiger partial charge in [-0.1, -0.05) is 0 Å². The third kappa shape index (κ3) is 3.10. The van der Waals surface area contributed by atoms with E-state index in [4.69, 9.17) is 11.0 Å². The van der Waals surface area contributed by atoms with Crippen LogP contribution in [-0.2, 0) is 9.53 Å². The van der Waals surface area contributed by atoms with Gasteiger partial charge in [0.05, 0.1) is 0 Å². The fraction of sp³-hybridized carbons (Fsp3) is 0.778. The molecule has 7 heteroatoms. The van der Waals surface area contributed by atoms with Crippen molar-refractivity contribution in [3.8, 4) is 6.07 Å². The van der Waals surface area contributed by atoms with Crippen LogP contribution < -0.4 is 5.73 Å². The molecule has 0 spiro atoms. The summed E-state index contributed by atoms with van der Waals surface area (Å²) in [5.74, 6) is -2.72. The molecule has 16 heavy (non-hydrogen) atoms. The molecular formula is C9H11F3N2O2. The first-order valence-corrected chi connectivity index (χ1v) is 4.77. The number of nitrogens with two attached hydrogens (primary N) is 1. The molecule has 1 saturated carbocycles. The first kappa shape index (κ1) is 12.8. The van der Waals surface area contributed by atoms with Crippen LogP contribution in [0.5, 0.6) is 0 Å². The van der Waals surface area contributed by atoms with Crippen molar-refractivity contribution in [2.24, 2.45) is 11.7 Å². The average molecular weight is 236 g/mol. The zero-order valence-electron chi connectivity index (χ0n) is 8.33. The highest BCUT2D eigenvalue weighted by atomic mass is 19.4. The summed E-state index contributed by atoms with van der Waals surface area (Å²) < 4.78 is 39.8. The second-order valence-electron chi connectivity index (χ2n) is 3.79. The van der Waals surface area contributed by atoms with E-state index in [9.17, 15) is 18.0 Å². The number of carbonyl (C=O) groups is 1. The topological polar surface area (TPSA) is 76.1 Å². The number of hydrogen-bond donors (Lipinski definition) is 1. The van der Waals surface area contributed by atoms with Gasteiger partial charge in [0, 0.05) is 12.0 Å². The number of nitriles is 1. The van der Waals surface area contributed by atoms with E-state index < -0.39 is 24.2 Å². The standard InChI is InChI=1S/C9H11F3N2O2/c10-9(11,12)8(15)16-7(4-13)5-1-2-6(14)3-5/h5-7H,1-3,14H2. The van der Waals surface area contributed by atoms with E-state index in [1.54, 1.807) is 6.07 Å². The summed E-state index contributed by atoms with van der Waals surface area (Å²) in [4.78, 5) is 10.5. The molecule has 0 saturated heterocycles.